The average molecular weight is 293 g/mol. The highest BCUT2D eigenvalue weighted by molar-refractivity contribution is 5.85. The predicted molar refractivity (Wildman–Crippen MR) is 90.9 cm³/mol. The Morgan fingerprint density at radius 3 is 2.48 bits per heavy atom. The van der Waals surface area contributed by atoms with Crippen molar-refractivity contribution in [3.05, 3.63) is 29.3 Å². The van der Waals surface area contributed by atoms with Gasteiger partial charge in [0.05, 0.1) is 0 Å². The highest BCUT2D eigenvalue weighted by Crippen LogP contribution is 2.30. The first-order valence-electron chi connectivity index (χ1n) is 7.99. The van der Waals surface area contributed by atoms with Gasteiger partial charge in [0.15, 0.2) is 0 Å². The van der Waals surface area contributed by atoms with Gasteiger partial charge in [0.25, 0.3) is 0 Å². The second-order valence-electron chi connectivity index (χ2n) is 6.29. The predicted octanol–water partition coefficient (Wildman–Crippen LogP) is 5.43. The number of rotatable bonds is 2. The Hall–Kier alpha value is -1.51. The molecule has 0 aromatic heterocycles. The number of hydrogen-bond acceptors (Lipinski definition) is 2. The fraction of sp³-hybridized carbons (Fsp3) is 0.611. The number of ether oxygens (including phenoxy) is 1. The van der Waals surface area contributed by atoms with Gasteiger partial charge in [0, 0.05) is 7.11 Å². The van der Waals surface area contributed by atoms with E-state index in [-0.39, 0.29) is 1.43 Å². The summed E-state index contributed by atoms with van der Waals surface area (Å²) in [6.07, 6.45) is 3.11. The van der Waals surface area contributed by atoms with E-state index in [4.69, 9.17) is 4.74 Å². The molecular formula is C18H31NO2. The average Bonchev–Trinajstić information content (AvgIpc) is 2.81. The molecule has 3 heteroatoms. The SMILES string of the molecule is CC.CC[C@H]1Cc2ccc(NC(=O)OC(C)(C)C)cc2C1.[HH]. The Kier molecular flexibility index (Phi) is 6.25. The lowest BCUT2D eigenvalue weighted by molar-refractivity contribution is 0.0636. The highest BCUT2D eigenvalue weighted by atomic mass is 16.6. The molecule has 0 bridgehead atoms. The number of nitrogens with one attached hydrogen (secondary N) is 1. The van der Waals surface area contributed by atoms with Crippen molar-refractivity contribution in [1.82, 2.24) is 0 Å². The van der Waals surface area contributed by atoms with Crippen molar-refractivity contribution in [3.63, 3.8) is 0 Å². The summed E-state index contributed by atoms with van der Waals surface area (Å²) in [6, 6.07) is 6.16. The first-order valence-corrected chi connectivity index (χ1v) is 7.99. The van der Waals surface area contributed by atoms with E-state index in [1.54, 1.807) is 0 Å². The van der Waals surface area contributed by atoms with Crippen LogP contribution in [0.25, 0.3) is 0 Å². The van der Waals surface area contributed by atoms with Crippen LogP contribution in [0, 0.1) is 5.92 Å². The normalized spacial score (nSPS) is 16.6. The van der Waals surface area contributed by atoms with Crippen molar-refractivity contribution in [1.29, 1.82) is 0 Å². The Balaban J connectivity index is 0.00000141. The lowest BCUT2D eigenvalue weighted by Crippen LogP contribution is -2.27. The minimum Gasteiger partial charge on any atom is -0.444 e. The molecule has 3 nitrogen and oxygen atoms in total. The van der Waals surface area contributed by atoms with E-state index in [2.05, 4.69) is 24.4 Å². The van der Waals surface area contributed by atoms with Crippen molar-refractivity contribution in [2.75, 3.05) is 5.32 Å². The lowest BCUT2D eigenvalue weighted by Gasteiger charge is -2.19. The number of carbonyl (C=O) groups is 1. The molecular weight excluding hydrogens is 262 g/mol. The van der Waals surface area contributed by atoms with Gasteiger partial charge in [-0.05, 0) is 62.8 Å². The van der Waals surface area contributed by atoms with Gasteiger partial charge in [-0.25, -0.2) is 4.79 Å². The number of anilines is 1. The summed E-state index contributed by atoms with van der Waals surface area (Å²) < 4.78 is 5.25. The summed E-state index contributed by atoms with van der Waals surface area (Å²) >= 11 is 0. The van der Waals surface area contributed by atoms with Gasteiger partial charge in [-0.1, -0.05) is 33.3 Å². The van der Waals surface area contributed by atoms with Gasteiger partial charge in [-0.3, -0.25) is 5.32 Å². The van der Waals surface area contributed by atoms with E-state index < -0.39 is 11.7 Å². The summed E-state index contributed by atoms with van der Waals surface area (Å²) in [7, 11) is 0. The third kappa shape index (κ3) is 5.41. The maximum Gasteiger partial charge on any atom is 0.412 e. The molecule has 120 valence electrons. The summed E-state index contributed by atoms with van der Waals surface area (Å²) in [4.78, 5) is 11.7. The largest absolute Gasteiger partial charge is 0.444 e. The molecule has 0 unspecified atom stereocenters. The Bertz CT molecular complexity index is 480. The summed E-state index contributed by atoms with van der Waals surface area (Å²) in [5.74, 6) is 0.756. The van der Waals surface area contributed by atoms with Gasteiger partial charge < -0.3 is 4.74 Å². The molecule has 0 radical (unpaired) electrons. The van der Waals surface area contributed by atoms with Gasteiger partial charge in [-0.2, -0.15) is 0 Å². The first kappa shape index (κ1) is 17.5. The number of carbonyl (C=O) groups excluding carboxylic acids is 1. The molecule has 21 heavy (non-hydrogen) atoms. The molecule has 0 aliphatic heterocycles. The maximum atomic E-state index is 11.7. The number of amides is 1. The molecule has 0 spiro atoms. The fourth-order valence-electron chi connectivity index (χ4n) is 2.50. The molecule has 1 N–H and O–H groups in total. The second-order valence-corrected chi connectivity index (χ2v) is 6.29. The van der Waals surface area contributed by atoms with E-state index in [1.165, 1.54) is 24.0 Å². The number of hydrogen-bond donors (Lipinski definition) is 1. The van der Waals surface area contributed by atoms with Crippen LogP contribution in [0.15, 0.2) is 18.2 Å². The van der Waals surface area contributed by atoms with E-state index in [1.807, 2.05) is 40.7 Å². The van der Waals surface area contributed by atoms with Crippen LogP contribution in [0.5, 0.6) is 0 Å². The minimum absolute atomic E-state index is 0. The van der Waals surface area contributed by atoms with Crippen LogP contribution in [0.3, 0.4) is 0 Å². The molecule has 1 aliphatic rings. The zero-order valence-corrected chi connectivity index (χ0v) is 14.2. The van der Waals surface area contributed by atoms with Crippen LogP contribution in [0.2, 0.25) is 0 Å². The number of benzene rings is 1. The van der Waals surface area contributed by atoms with Gasteiger partial charge >= 0.3 is 6.09 Å². The van der Waals surface area contributed by atoms with E-state index >= 15 is 0 Å². The van der Waals surface area contributed by atoms with Crippen LogP contribution in [0.4, 0.5) is 10.5 Å². The lowest BCUT2D eigenvalue weighted by atomic mass is 10.0. The standard InChI is InChI=1S/C16H23NO2.C2H6.H2/c1-5-11-8-12-6-7-14(10-13(12)9-11)17-15(18)19-16(2,3)4;1-2;/h6-7,10-11H,5,8-9H2,1-4H3,(H,17,18);1-2H3;1H/t11-;;/m0../s1. The van der Waals surface area contributed by atoms with Gasteiger partial charge in [0.2, 0.25) is 0 Å². The Labute approximate surface area is 130 Å². The Morgan fingerprint density at radius 2 is 1.90 bits per heavy atom. The molecule has 0 saturated carbocycles. The smallest absolute Gasteiger partial charge is 0.412 e. The van der Waals surface area contributed by atoms with Crippen molar-refractivity contribution < 1.29 is 11.0 Å². The van der Waals surface area contributed by atoms with Gasteiger partial charge in [-0.15, -0.1) is 0 Å². The van der Waals surface area contributed by atoms with Crippen molar-refractivity contribution in [2.24, 2.45) is 5.92 Å². The molecule has 0 heterocycles. The van der Waals surface area contributed by atoms with Crippen molar-refractivity contribution in [2.45, 2.75) is 66.4 Å². The molecule has 0 fully saturated rings. The quantitative estimate of drug-likeness (QED) is 0.789. The monoisotopic (exact) mass is 293 g/mol. The van der Waals surface area contributed by atoms with Crippen LogP contribution >= 0.6 is 0 Å². The van der Waals surface area contributed by atoms with E-state index in [0.29, 0.717) is 0 Å². The topological polar surface area (TPSA) is 38.3 Å². The zero-order valence-electron chi connectivity index (χ0n) is 14.2. The van der Waals surface area contributed by atoms with E-state index in [9.17, 15) is 4.79 Å². The zero-order chi connectivity index (χ0) is 16.0. The second kappa shape index (κ2) is 7.48. The van der Waals surface area contributed by atoms with E-state index in [0.717, 1.165) is 18.0 Å². The fourth-order valence-corrected chi connectivity index (χ4v) is 2.50. The highest BCUT2D eigenvalue weighted by Gasteiger charge is 2.21. The maximum absolute atomic E-state index is 11.7. The summed E-state index contributed by atoms with van der Waals surface area (Å²) in [5.41, 5.74) is 3.14. The molecule has 1 atom stereocenters. The molecule has 1 aliphatic carbocycles. The third-order valence-corrected chi connectivity index (χ3v) is 3.45. The molecule has 1 aromatic carbocycles. The summed E-state index contributed by atoms with van der Waals surface area (Å²) in [5, 5.41) is 2.80. The summed E-state index contributed by atoms with van der Waals surface area (Å²) in [6.45, 7) is 11.8. The molecule has 1 amide bonds. The molecule has 2 rings (SSSR count). The Morgan fingerprint density at radius 1 is 1.29 bits per heavy atom. The third-order valence-electron chi connectivity index (χ3n) is 3.45. The van der Waals surface area contributed by atoms with Crippen LogP contribution in [-0.4, -0.2) is 11.7 Å². The van der Waals surface area contributed by atoms with Crippen LogP contribution < -0.4 is 5.32 Å². The molecule has 0 saturated heterocycles. The minimum atomic E-state index is -0.464. The molecule has 1 aromatic rings. The first-order chi connectivity index (χ1) is 9.87. The van der Waals surface area contributed by atoms with Crippen LogP contribution in [-0.2, 0) is 17.6 Å². The van der Waals surface area contributed by atoms with Crippen molar-refractivity contribution in [3.8, 4) is 0 Å². The number of fused-ring (bicyclic) bond motifs is 1. The van der Waals surface area contributed by atoms with Crippen molar-refractivity contribution >= 4 is 11.8 Å². The van der Waals surface area contributed by atoms with Crippen LogP contribution in [0.1, 0.15) is 60.5 Å². The van der Waals surface area contributed by atoms with Gasteiger partial charge in [0.1, 0.15) is 5.60 Å².